The van der Waals surface area contributed by atoms with Gasteiger partial charge in [0.05, 0.1) is 12.0 Å². The first-order chi connectivity index (χ1) is 20.4. The average molecular weight is 566 g/mol. The van der Waals surface area contributed by atoms with Gasteiger partial charge in [0.15, 0.2) is 11.5 Å². The number of aromatic nitrogens is 5. The lowest BCUT2D eigenvalue weighted by Gasteiger charge is -2.36. The summed E-state index contributed by atoms with van der Waals surface area (Å²) < 4.78 is 3.27. The minimum Gasteiger partial charge on any atom is -0.369 e. The largest absolute Gasteiger partial charge is 0.369 e. The summed E-state index contributed by atoms with van der Waals surface area (Å²) in [5, 5.41) is 3.68. The molecule has 1 saturated heterocycles. The molecule has 2 fully saturated rings. The van der Waals surface area contributed by atoms with Crippen molar-refractivity contribution in [3.63, 3.8) is 0 Å². The van der Waals surface area contributed by atoms with Crippen LogP contribution in [0.1, 0.15) is 31.7 Å². The molecule has 7 rings (SSSR count). The summed E-state index contributed by atoms with van der Waals surface area (Å²) in [6, 6.07) is 12.1. The number of hydrogen-bond acceptors (Lipinski definition) is 8. The fraction of sp³-hybridized carbons (Fsp3) is 0.387. The van der Waals surface area contributed by atoms with E-state index in [4.69, 9.17) is 9.97 Å². The molecule has 1 aromatic carbocycles. The lowest BCUT2D eigenvalue weighted by atomic mass is 9.65. The summed E-state index contributed by atoms with van der Waals surface area (Å²) in [7, 11) is 2.15. The lowest BCUT2D eigenvalue weighted by molar-refractivity contribution is -0.125. The maximum Gasteiger partial charge on any atom is 0.278 e. The molecule has 3 aromatic heterocycles. The standard InChI is InChI=1S/C31H35N9O2/c1-4-15-39-28(41)23-20-32-30(33-21-7-9-22(10-8-21)37-18-16-36(3)17-19-37)35-26(23)40(39)25-12-11-24-27(34-25)38(5-2)29(42)31(24)13-6-14-31/h4,7-12,20H,1,5-6,13-19H2,2-3H3,(H,32,33,35). The molecule has 3 aliphatic rings. The van der Waals surface area contributed by atoms with Crippen LogP contribution in [0.15, 0.2) is 60.0 Å². The quantitative estimate of drug-likeness (QED) is 0.340. The van der Waals surface area contributed by atoms with Gasteiger partial charge in [-0.1, -0.05) is 18.6 Å². The van der Waals surface area contributed by atoms with Crippen molar-refractivity contribution < 1.29 is 4.79 Å². The Hall–Kier alpha value is -4.51. The van der Waals surface area contributed by atoms with E-state index in [1.54, 1.807) is 26.5 Å². The van der Waals surface area contributed by atoms with Gasteiger partial charge in [-0.3, -0.25) is 14.5 Å². The third-order valence-corrected chi connectivity index (χ3v) is 9.00. The summed E-state index contributed by atoms with van der Waals surface area (Å²) in [6.07, 6.45) is 5.96. The molecule has 11 heteroatoms. The Morgan fingerprint density at radius 3 is 2.45 bits per heavy atom. The first-order valence-electron chi connectivity index (χ1n) is 14.7. The number of benzene rings is 1. The molecular weight excluding hydrogens is 530 g/mol. The number of nitrogens with one attached hydrogen (secondary N) is 1. The van der Waals surface area contributed by atoms with Crippen molar-refractivity contribution in [2.24, 2.45) is 0 Å². The van der Waals surface area contributed by atoms with Crippen LogP contribution in [-0.2, 0) is 16.8 Å². The molecule has 0 unspecified atom stereocenters. The van der Waals surface area contributed by atoms with Gasteiger partial charge in [-0.15, -0.1) is 6.58 Å². The van der Waals surface area contributed by atoms with Crippen molar-refractivity contribution in [2.75, 3.05) is 54.9 Å². The van der Waals surface area contributed by atoms with E-state index >= 15 is 0 Å². The Balaban J connectivity index is 1.25. The molecule has 0 bridgehead atoms. The third-order valence-electron chi connectivity index (χ3n) is 9.00. The van der Waals surface area contributed by atoms with Gasteiger partial charge in [-0.2, -0.15) is 4.98 Å². The fourth-order valence-corrected chi connectivity index (χ4v) is 6.47. The Bertz CT molecular complexity index is 1740. The first kappa shape index (κ1) is 26.4. The molecule has 1 aliphatic carbocycles. The van der Waals surface area contributed by atoms with Crippen molar-refractivity contribution >= 4 is 40.1 Å². The van der Waals surface area contributed by atoms with Crippen LogP contribution in [0, 0.1) is 0 Å². The van der Waals surface area contributed by atoms with E-state index in [0.717, 1.165) is 56.7 Å². The van der Waals surface area contributed by atoms with Gasteiger partial charge >= 0.3 is 0 Å². The topological polar surface area (TPSA) is 104 Å². The highest BCUT2D eigenvalue weighted by Gasteiger charge is 2.54. The number of pyridine rings is 1. The van der Waals surface area contributed by atoms with Gasteiger partial charge < -0.3 is 15.1 Å². The molecular formula is C31H35N9O2. The number of anilines is 4. The second-order valence-corrected chi connectivity index (χ2v) is 11.4. The number of likely N-dealkylation sites (N-methyl/N-ethyl adjacent to an activating group) is 2. The van der Waals surface area contributed by atoms with Crippen LogP contribution in [0.5, 0.6) is 0 Å². The van der Waals surface area contributed by atoms with Gasteiger partial charge in [0, 0.05) is 55.9 Å². The van der Waals surface area contributed by atoms with Crippen molar-refractivity contribution in [2.45, 2.75) is 38.1 Å². The highest BCUT2D eigenvalue weighted by Crippen LogP contribution is 2.52. The van der Waals surface area contributed by atoms with E-state index in [9.17, 15) is 9.59 Å². The average Bonchev–Trinajstić information content (AvgIpc) is 3.40. The zero-order valence-electron chi connectivity index (χ0n) is 24.1. The molecule has 42 heavy (non-hydrogen) atoms. The van der Waals surface area contributed by atoms with E-state index in [1.165, 1.54) is 5.69 Å². The number of nitrogens with zero attached hydrogens (tertiary/aromatic N) is 8. The number of rotatable bonds is 7. The van der Waals surface area contributed by atoms with E-state index < -0.39 is 5.41 Å². The molecule has 1 N–H and O–H groups in total. The van der Waals surface area contributed by atoms with Gasteiger partial charge in [0.25, 0.3) is 5.56 Å². The predicted molar refractivity (Wildman–Crippen MR) is 164 cm³/mol. The molecule has 0 atom stereocenters. The smallest absolute Gasteiger partial charge is 0.278 e. The van der Waals surface area contributed by atoms with Crippen LogP contribution < -0.4 is 20.7 Å². The fourth-order valence-electron chi connectivity index (χ4n) is 6.47. The summed E-state index contributed by atoms with van der Waals surface area (Å²) in [6.45, 7) is 10.7. The van der Waals surface area contributed by atoms with Crippen LogP contribution in [0.3, 0.4) is 0 Å². The second-order valence-electron chi connectivity index (χ2n) is 11.4. The normalized spacial score (nSPS) is 18.0. The molecule has 11 nitrogen and oxygen atoms in total. The van der Waals surface area contributed by atoms with Crippen LogP contribution in [-0.4, -0.2) is 74.9 Å². The first-order valence-corrected chi connectivity index (χ1v) is 14.7. The summed E-state index contributed by atoms with van der Waals surface area (Å²) in [4.78, 5) is 47.5. The lowest BCUT2D eigenvalue weighted by Crippen LogP contribution is -2.45. The van der Waals surface area contributed by atoms with Crippen molar-refractivity contribution in [1.29, 1.82) is 0 Å². The Morgan fingerprint density at radius 2 is 1.79 bits per heavy atom. The van der Waals surface area contributed by atoms with E-state index in [1.807, 2.05) is 31.2 Å². The molecule has 2 aliphatic heterocycles. The maximum atomic E-state index is 13.4. The van der Waals surface area contributed by atoms with Gasteiger partial charge in [0.1, 0.15) is 11.2 Å². The van der Waals surface area contributed by atoms with Crippen LogP contribution in [0.25, 0.3) is 16.9 Å². The van der Waals surface area contributed by atoms with Crippen molar-refractivity contribution in [3.8, 4) is 5.82 Å². The molecule has 1 saturated carbocycles. The minimum absolute atomic E-state index is 0.129. The zero-order chi connectivity index (χ0) is 29.0. The summed E-state index contributed by atoms with van der Waals surface area (Å²) in [5.74, 6) is 1.70. The van der Waals surface area contributed by atoms with E-state index in [-0.39, 0.29) is 18.0 Å². The Labute approximate surface area is 244 Å². The van der Waals surface area contributed by atoms with Crippen LogP contribution >= 0.6 is 0 Å². The molecule has 5 heterocycles. The van der Waals surface area contributed by atoms with Gasteiger partial charge in [0.2, 0.25) is 11.9 Å². The molecule has 4 aromatic rings. The zero-order valence-corrected chi connectivity index (χ0v) is 24.1. The number of fused-ring (bicyclic) bond motifs is 3. The SMILES string of the molecule is C=CCn1c(=O)c2cnc(Nc3ccc(N4CCN(C)CC4)cc3)nc2n1-c1ccc2c(n1)N(CC)C(=O)C21CCC1. The highest BCUT2D eigenvalue weighted by molar-refractivity contribution is 6.07. The predicted octanol–water partition coefficient (Wildman–Crippen LogP) is 3.45. The van der Waals surface area contributed by atoms with Crippen molar-refractivity contribution in [1.82, 2.24) is 29.2 Å². The van der Waals surface area contributed by atoms with E-state index in [0.29, 0.717) is 35.2 Å². The third kappa shape index (κ3) is 4.02. The van der Waals surface area contributed by atoms with Crippen LogP contribution in [0.4, 0.5) is 23.1 Å². The van der Waals surface area contributed by atoms with Gasteiger partial charge in [-0.25, -0.2) is 19.3 Å². The van der Waals surface area contributed by atoms with Crippen molar-refractivity contribution in [3.05, 3.63) is 71.2 Å². The maximum absolute atomic E-state index is 13.4. The number of carbonyl (C=O) groups is 1. The molecule has 0 radical (unpaired) electrons. The number of piperazine rings is 1. The van der Waals surface area contributed by atoms with Gasteiger partial charge in [-0.05, 0) is 57.1 Å². The molecule has 216 valence electrons. The second kappa shape index (κ2) is 10.1. The Morgan fingerprint density at radius 1 is 1.02 bits per heavy atom. The monoisotopic (exact) mass is 565 g/mol. The summed E-state index contributed by atoms with van der Waals surface area (Å²) >= 11 is 0. The molecule has 1 spiro atoms. The number of amides is 1. The Kier molecular flexibility index (Phi) is 6.34. The number of hydrogen-bond donors (Lipinski definition) is 1. The number of carbonyl (C=O) groups excluding carboxylic acids is 1. The number of allylic oxidation sites excluding steroid dienone is 1. The highest BCUT2D eigenvalue weighted by atomic mass is 16.2. The van der Waals surface area contributed by atoms with E-state index in [2.05, 4.69) is 45.9 Å². The summed E-state index contributed by atoms with van der Waals surface area (Å²) in [5.41, 5.74) is 2.78. The minimum atomic E-state index is -0.449. The molecule has 1 amide bonds. The van der Waals surface area contributed by atoms with Crippen LogP contribution in [0.2, 0.25) is 0 Å².